The van der Waals surface area contributed by atoms with Gasteiger partial charge in [0.25, 0.3) is 0 Å². The van der Waals surface area contributed by atoms with E-state index in [-0.39, 0.29) is 18.6 Å². The van der Waals surface area contributed by atoms with Gasteiger partial charge in [0.1, 0.15) is 6.54 Å². The van der Waals surface area contributed by atoms with E-state index >= 15 is 0 Å². The van der Waals surface area contributed by atoms with Gasteiger partial charge in [-0.1, -0.05) is 0 Å². The van der Waals surface area contributed by atoms with Crippen LogP contribution in [-0.2, 0) is 9.53 Å². The van der Waals surface area contributed by atoms with Crippen molar-refractivity contribution in [1.29, 1.82) is 0 Å². The van der Waals surface area contributed by atoms with E-state index in [1.807, 2.05) is 38.1 Å². The third kappa shape index (κ3) is 5.01. The van der Waals surface area contributed by atoms with Crippen LogP contribution in [0, 0.1) is 3.57 Å². The highest BCUT2D eigenvalue weighted by atomic mass is 127. The van der Waals surface area contributed by atoms with Crippen LogP contribution < -0.4 is 5.32 Å². The molecule has 82 valence electrons. The van der Waals surface area contributed by atoms with E-state index in [1.165, 1.54) is 3.57 Å². The fourth-order valence-electron chi connectivity index (χ4n) is 1.05. The summed E-state index contributed by atoms with van der Waals surface area (Å²) >= 11 is 2.23. The maximum atomic E-state index is 11.2. The van der Waals surface area contributed by atoms with Crippen LogP contribution in [0.3, 0.4) is 0 Å². The SMILES string of the molecule is CC(C)OC(=O)CNc1ccc(I)cc1. The van der Waals surface area contributed by atoms with Crippen molar-refractivity contribution < 1.29 is 9.53 Å². The minimum absolute atomic E-state index is 0.0592. The van der Waals surface area contributed by atoms with Crippen LogP contribution in [0.4, 0.5) is 5.69 Å². The zero-order valence-corrected chi connectivity index (χ0v) is 10.9. The first-order chi connectivity index (χ1) is 7.08. The molecule has 0 amide bonds. The van der Waals surface area contributed by atoms with Crippen LogP contribution in [-0.4, -0.2) is 18.6 Å². The summed E-state index contributed by atoms with van der Waals surface area (Å²) in [5.41, 5.74) is 0.927. The second-order valence-corrected chi connectivity index (χ2v) is 4.64. The van der Waals surface area contributed by atoms with Gasteiger partial charge in [-0.3, -0.25) is 4.79 Å². The summed E-state index contributed by atoms with van der Waals surface area (Å²) in [5, 5.41) is 3.00. The van der Waals surface area contributed by atoms with Gasteiger partial charge in [0.2, 0.25) is 0 Å². The fourth-order valence-corrected chi connectivity index (χ4v) is 1.41. The third-order valence-electron chi connectivity index (χ3n) is 1.65. The number of ether oxygens (including phenoxy) is 1. The van der Waals surface area contributed by atoms with E-state index in [0.717, 1.165) is 5.69 Å². The molecule has 0 saturated carbocycles. The smallest absolute Gasteiger partial charge is 0.325 e. The summed E-state index contributed by atoms with van der Waals surface area (Å²) in [7, 11) is 0. The molecule has 0 radical (unpaired) electrons. The summed E-state index contributed by atoms with van der Waals surface area (Å²) < 4.78 is 6.16. The number of halogens is 1. The largest absolute Gasteiger partial charge is 0.462 e. The van der Waals surface area contributed by atoms with E-state index in [4.69, 9.17) is 4.74 Å². The van der Waals surface area contributed by atoms with Gasteiger partial charge in [-0.05, 0) is 60.7 Å². The molecule has 0 saturated heterocycles. The van der Waals surface area contributed by atoms with Crippen molar-refractivity contribution in [2.24, 2.45) is 0 Å². The predicted molar refractivity (Wildman–Crippen MR) is 68.9 cm³/mol. The Kier molecular flexibility index (Phi) is 4.87. The second-order valence-electron chi connectivity index (χ2n) is 3.40. The van der Waals surface area contributed by atoms with E-state index in [0.29, 0.717) is 0 Å². The van der Waals surface area contributed by atoms with E-state index in [2.05, 4.69) is 27.9 Å². The van der Waals surface area contributed by atoms with Gasteiger partial charge in [-0.2, -0.15) is 0 Å². The quantitative estimate of drug-likeness (QED) is 0.685. The maximum Gasteiger partial charge on any atom is 0.325 e. The molecule has 0 spiro atoms. The van der Waals surface area contributed by atoms with Crippen molar-refractivity contribution in [3.8, 4) is 0 Å². The number of nitrogens with one attached hydrogen (secondary N) is 1. The molecule has 1 aromatic rings. The summed E-state index contributed by atoms with van der Waals surface area (Å²) in [6.07, 6.45) is -0.0592. The zero-order chi connectivity index (χ0) is 11.3. The molecule has 0 unspecified atom stereocenters. The van der Waals surface area contributed by atoms with Gasteiger partial charge in [-0.25, -0.2) is 0 Å². The van der Waals surface area contributed by atoms with Crippen molar-refractivity contribution in [2.75, 3.05) is 11.9 Å². The van der Waals surface area contributed by atoms with E-state index < -0.39 is 0 Å². The van der Waals surface area contributed by atoms with Crippen LogP contribution in [0.2, 0.25) is 0 Å². The second kappa shape index (κ2) is 5.95. The summed E-state index contributed by atoms with van der Waals surface area (Å²) in [6.45, 7) is 3.88. The number of hydrogen-bond donors (Lipinski definition) is 1. The number of rotatable bonds is 4. The molecule has 0 aliphatic heterocycles. The molecule has 1 rings (SSSR count). The molecule has 1 N–H and O–H groups in total. The lowest BCUT2D eigenvalue weighted by Crippen LogP contribution is -2.20. The lowest BCUT2D eigenvalue weighted by Gasteiger charge is -2.09. The Balaban J connectivity index is 2.37. The average Bonchev–Trinajstić information content (AvgIpc) is 2.16. The summed E-state index contributed by atoms with van der Waals surface area (Å²) in [4.78, 5) is 11.2. The molecular formula is C11H14INO2. The Labute approximate surface area is 103 Å². The van der Waals surface area contributed by atoms with Crippen molar-refractivity contribution in [1.82, 2.24) is 0 Å². The standard InChI is InChI=1S/C11H14INO2/c1-8(2)15-11(14)7-13-10-5-3-9(12)4-6-10/h3-6,8,13H,7H2,1-2H3. The predicted octanol–water partition coefficient (Wildman–Crippen LogP) is 2.65. The van der Waals surface area contributed by atoms with Gasteiger partial charge in [0.15, 0.2) is 0 Å². The Hall–Kier alpha value is -0.780. The van der Waals surface area contributed by atoms with Crippen molar-refractivity contribution >= 4 is 34.2 Å². The number of benzene rings is 1. The highest BCUT2D eigenvalue weighted by Crippen LogP contribution is 2.10. The lowest BCUT2D eigenvalue weighted by atomic mass is 10.3. The number of hydrogen-bond acceptors (Lipinski definition) is 3. The first-order valence-corrected chi connectivity index (χ1v) is 5.84. The van der Waals surface area contributed by atoms with Crippen molar-refractivity contribution in [3.63, 3.8) is 0 Å². The molecule has 0 aromatic heterocycles. The highest BCUT2D eigenvalue weighted by Gasteiger charge is 2.04. The number of anilines is 1. The van der Waals surface area contributed by atoms with Gasteiger partial charge in [0, 0.05) is 9.26 Å². The van der Waals surface area contributed by atoms with Crippen molar-refractivity contribution in [3.05, 3.63) is 27.8 Å². The molecule has 0 aliphatic rings. The molecule has 0 bridgehead atoms. The minimum atomic E-state index is -0.233. The molecule has 0 heterocycles. The van der Waals surface area contributed by atoms with E-state index in [9.17, 15) is 4.79 Å². The molecule has 4 heteroatoms. The normalized spacial score (nSPS) is 10.1. The number of esters is 1. The van der Waals surface area contributed by atoms with Crippen molar-refractivity contribution in [2.45, 2.75) is 20.0 Å². The van der Waals surface area contributed by atoms with Crippen LogP contribution in [0.1, 0.15) is 13.8 Å². The van der Waals surface area contributed by atoms with Crippen LogP contribution in [0.5, 0.6) is 0 Å². The van der Waals surface area contributed by atoms with Crippen LogP contribution in [0.15, 0.2) is 24.3 Å². The highest BCUT2D eigenvalue weighted by molar-refractivity contribution is 14.1. The van der Waals surface area contributed by atoms with E-state index in [1.54, 1.807) is 0 Å². The lowest BCUT2D eigenvalue weighted by molar-refractivity contribution is -0.145. The van der Waals surface area contributed by atoms with Gasteiger partial charge in [0.05, 0.1) is 6.10 Å². The molecule has 3 nitrogen and oxygen atoms in total. The third-order valence-corrected chi connectivity index (χ3v) is 2.37. The number of carbonyl (C=O) groups is 1. The maximum absolute atomic E-state index is 11.2. The summed E-state index contributed by atoms with van der Waals surface area (Å²) in [6, 6.07) is 7.84. The average molecular weight is 319 g/mol. The fraction of sp³-hybridized carbons (Fsp3) is 0.364. The molecular weight excluding hydrogens is 305 g/mol. The molecule has 0 fully saturated rings. The topological polar surface area (TPSA) is 38.3 Å². The zero-order valence-electron chi connectivity index (χ0n) is 8.79. The molecule has 0 aliphatic carbocycles. The van der Waals surface area contributed by atoms with Gasteiger partial charge < -0.3 is 10.1 Å². The Morgan fingerprint density at radius 2 is 2.00 bits per heavy atom. The Bertz CT molecular complexity index is 322. The minimum Gasteiger partial charge on any atom is -0.462 e. The van der Waals surface area contributed by atoms with Crippen LogP contribution in [0.25, 0.3) is 0 Å². The molecule has 15 heavy (non-hydrogen) atoms. The Morgan fingerprint density at radius 1 is 1.40 bits per heavy atom. The molecule has 1 aromatic carbocycles. The van der Waals surface area contributed by atoms with Gasteiger partial charge >= 0.3 is 5.97 Å². The molecule has 0 atom stereocenters. The number of carbonyl (C=O) groups excluding carboxylic acids is 1. The van der Waals surface area contributed by atoms with Gasteiger partial charge in [-0.15, -0.1) is 0 Å². The summed E-state index contributed by atoms with van der Waals surface area (Å²) in [5.74, 6) is -0.233. The Morgan fingerprint density at radius 3 is 2.53 bits per heavy atom. The first-order valence-electron chi connectivity index (χ1n) is 4.77. The first kappa shape index (κ1) is 12.3. The monoisotopic (exact) mass is 319 g/mol. The van der Waals surface area contributed by atoms with Crippen LogP contribution >= 0.6 is 22.6 Å².